The minimum absolute atomic E-state index is 0.244. The summed E-state index contributed by atoms with van der Waals surface area (Å²) in [6, 6.07) is 10.8. The highest BCUT2D eigenvalue weighted by molar-refractivity contribution is 14.1. The second-order valence-electron chi connectivity index (χ2n) is 3.38. The normalized spacial score (nSPS) is 9.89. The zero-order valence-electron chi connectivity index (χ0n) is 9.59. The molecule has 0 spiro atoms. The first-order valence-electron chi connectivity index (χ1n) is 5.18. The molecular formula is C13H10INO3. The number of hydrogen-bond acceptors (Lipinski definition) is 4. The smallest absolute Gasteiger partial charge is 0.343 e. The third-order valence-corrected chi connectivity index (χ3v) is 3.11. The zero-order chi connectivity index (χ0) is 13.0. The van der Waals surface area contributed by atoms with Crippen LogP contribution in [0.2, 0.25) is 0 Å². The molecule has 0 amide bonds. The van der Waals surface area contributed by atoms with Gasteiger partial charge in [-0.25, -0.2) is 9.78 Å². The van der Waals surface area contributed by atoms with Crippen molar-refractivity contribution in [2.75, 3.05) is 7.11 Å². The van der Waals surface area contributed by atoms with Crippen molar-refractivity contribution >= 4 is 28.6 Å². The summed E-state index contributed by atoms with van der Waals surface area (Å²) >= 11 is 2.16. The van der Waals surface area contributed by atoms with E-state index in [4.69, 9.17) is 4.74 Å². The van der Waals surface area contributed by atoms with E-state index >= 15 is 0 Å². The first-order valence-corrected chi connectivity index (χ1v) is 6.26. The van der Waals surface area contributed by atoms with E-state index in [9.17, 15) is 4.79 Å². The summed E-state index contributed by atoms with van der Waals surface area (Å²) in [7, 11) is 1.32. The molecule has 0 saturated carbocycles. The van der Waals surface area contributed by atoms with Crippen molar-refractivity contribution in [1.29, 1.82) is 0 Å². The number of nitrogens with zero attached hydrogens (tertiary/aromatic N) is 1. The Bertz CT molecular complexity index is 572. The van der Waals surface area contributed by atoms with E-state index in [0.29, 0.717) is 11.3 Å². The lowest BCUT2D eigenvalue weighted by Crippen LogP contribution is -2.05. The first-order chi connectivity index (χ1) is 8.72. The summed E-state index contributed by atoms with van der Waals surface area (Å²) < 4.78 is 11.3. The minimum atomic E-state index is -0.468. The Morgan fingerprint density at radius 2 is 2.00 bits per heavy atom. The van der Waals surface area contributed by atoms with Gasteiger partial charge in [0.1, 0.15) is 11.3 Å². The van der Waals surface area contributed by atoms with Crippen molar-refractivity contribution in [3.05, 3.63) is 51.7 Å². The third-order valence-electron chi connectivity index (χ3n) is 2.22. The number of rotatable bonds is 3. The summed E-state index contributed by atoms with van der Waals surface area (Å²) in [4.78, 5) is 15.6. The topological polar surface area (TPSA) is 48.4 Å². The molecule has 1 aromatic carbocycles. The van der Waals surface area contributed by atoms with E-state index in [1.807, 2.05) is 24.3 Å². The fraction of sp³-hybridized carbons (Fsp3) is 0.0769. The molecule has 0 aliphatic heterocycles. The van der Waals surface area contributed by atoms with Crippen molar-refractivity contribution < 1.29 is 14.3 Å². The third kappa shape index (κ3) is 2.79. The summed E-state index contributed by atoms with van der Waals surface area (Å²) in [5, 5.41) is 0. The van der Waals surface area contributed by atoms with Gasteiger partial charge in [0.15, 0.2) is 0 Å². The van der Waals surface area contributed by atoms with Crippen LogP contribution in [0.4, 0.5) is 0 Å². The van der Waals surface area contributed by atoms with Gasteiger partial charge in [-0.15, -0.1) is 0 Å². The molecule has 0 fully saturated rings. The number of para-hydroxylation sites is 1. The number of esters is 1. The summed E-state index contributed by atoms with van der Waals surface area (Å²) in [5.74, 6) is 0.430. The SMILES string of the molecule is COC(=O)c1cccnc1Oc1ccccc1I. The van der Waals surface area contributed by atoms with Crippen molar-refractivity contribution in [2.45, 2.75) is 0 Å². The van der Waals surface area contributed by atoms with Crippen LogP contribution in [0.15, 0.2) is 42.6 Å². The summed E-state index contributed by atoms with van der Waals surface area (Å²) in [6.45, 7) is 0. The summed E-state index contributed by atoms with van der Waals surface area (Å²) in [5.41, 5.74) is 0.305. The number of hydrogen-bond donors (Lipinski definition) is 0. The number of pyridine rings is 1. The monoisotopic (exact) mass is 355 g/mol. The van der Waals surface area contributed by atoms with Gasteiger partial charge in [-0.1, -0.05) is 12.1 Å². The van der Waals surface area contributed by atoms with E-state index in [1.165, 1.54) is 7.11 Å². The van der Waals surface area contributed by atoms with Gasteiger partial charge in [0.05, 0.1) is 10.7 Å². The van der Waals surface area contributed by atoms with E-state index in [-0.39, 0.29) is 5.88 Å². The molecule has 2 aromatic rings. The average molecular weight is 355 g/mol. The fourth-order valence-corrected chi connectivity index (χ4v) is 1.87. The molecular weight excluding hydrogens is 345 g/mol. The highest BCUT2D eigenvalue weighted by Gasteiger charge is 2.15. The van der Waals surface area contributed by atoms with Crippen LogP contribution >= 0.6 is 22.6 Å². The molecule has 0 aliphatic carbocycles. The summed E-state index contributed by atoms with van der Waals surface area (Å²) in [6.07, 6.45) is 1.57. The minimum Gasteiger partial charge on any atom is -0.465 e. The molecule has 1 aromatic heterocycles. The zero-order valence-corrected chi connectivity index (χ0v) is 11.7. The predicted molar refractivity (Wildman–Crippen MR) is 74.8 cm³/mol. The van der Waals surface area contributed by atoms with Crippen LogP contribution in [0.3, 0.4) is 0 Å². The fourth-order valence-electron chi connectivity index (χ4n) is 1.37. The molecule has 92 valence electrons. The maximum atomic E-state index is 11.6. The molecule has 1 heterocycles. The molecule has 0 atom stereocenters. The molecule has 0 unspecified atom stereocenters. The van der Waals surface area contributed by atoms with Gasteiger partial charge < -0.3 is 9.47 Å². The van der Waals surface area contributed by atoms with Gasteiger partial charge in [0.2, 0.25) is 5.88 Å². The van der Waals surface area contributed by atoms with Crippen LogP contribution in [0.25, 0.3) is 0 Å². The van der Waals surface area contributed by atoms with Gasteiger partial charge in [-0.2, -0.15) is 0 Å². The molecule has 0 N–H and O–H groups in total. The maximum absolute atomic E-state index is 11.6. The molecule has 18 heavy (non-hydrogen) atoms. The van der Waals surface area contributed by atoms with Crippen molar-refractivity contribution in [2.24, 2.45) is 0 Å². The lowest BCUT2D eigenvalue weighted by molar-refractivity contribution is 0.0597. The number of carbonyl (C=O) groups is 1. The van der Waals surface area contributed by atoms with E-state index < -0.39 is 5.97 Å². The van der Waals surface area contributed by atoms with Crippen LogP contribution in [-0.2, 0) is 4.74 Å². The Hall–Kier alpha value is -1.63. The van der Waals surface area contributed by atoms with Crippen molar-refractivity contribution in [1.82, 2.24) is 4.98 Å². The first kappa shape index (κ1) is 12.8. The van der Waals surface area contributed by atoms with Gasteiger partial charge in [-0.3, -0.25) is 0 Å². The number of carbonyl (C=O) groups excluding carboxylic acids is 1. The predicted octanol–water partition coefficient (Wildman–Crippen LogP) is 3.27. The molecule has 0 radical (unpaired) electrons. The number of halogens is 1. The van der Waals surface area contributed by atoms with E-state index in [0.717, 1.165) is 3.57 Å². The van der Waals surface area contributed by atoms with Crippen LogP contribution in [-0.4, -0.2) is 18.1 Å². The quantitative estimate of drug-likeness (QED) is 0.627. The number of methoxy groups -OCH3 is 1. The Kier molecular flexibility index (Phi) is 4.14. The standard InChI is InChI=1S/C13H10INO3/c1-17-13(16)9-5-4-8-15-12(9)18-11-7-3-2-6-10(11)14/h2-8H,1H3. The lowest BCUT2D eigenvalue weighted by Gasteiger charge is -2.09. The van der Waals surface area contributed by atoms with Crippen LogP contribution in [0.5, 0.6) is 11.6 Å². The second kappa shape index (κ2) is 5.81. The van der Waals surface area contributed by atoms with E-state index in [1.54, 1.807) is 18.3 Å². The van der Waals surface area contributed by atoms with Crippen molar-refractivity contribution in [3.8, 4) is 11.6 Å². The van der Waals surface area contributed by atoms with Gasteiger partial charge >= 0.3 is 5.97 Å². The number of aromatic nitrogens is 1. The molecule has 4 nitrogen and oxygen atoms in total. The number of benzene rings is 1. The van der Waals surface area contributed by atoms with Crippen molar-refractivity contribution in [3.63, 3.8) is 0 Å². The molecule has 0 saturated heterocycles. The molecule has 5 heteroatoms. The van der Waals surface area contributed by atoms with E-state index in [2.05, 4.69) is 32.3 Å². The molecule has 0 bridgehead atoms. The van der Waals surface area contributed by atoms with Crippen LogP contribution in [0.1, 0.15) is 10.4 Å². The highest BCUT2D eigenvalue weighted by atomic mass is 127. The highest BCUT2D eigenvalue weighted by Crippen LogP contribution is 2.27. The Morgan fingerprint density at radius 1 is 1.22 bits per heavy atom. The lowest BCUT2D eigenvalue weighted by atomic mass is 10.3. The second-order valence-corrected chi connectivity index (χ2v) is 4.54. The van der Waals surface area contributed by atoms with Gasteiger partial charge in [0, 0.05) is 6.20 Å². The van der Waals surface area contributed by atoms with Gasteiger partial charge in [0.25, 0.3) is 0 Å². The average Bonchev–Trinajstić information content (AvgIpc) is 2.41. The largest absolute Gasteiger partial charge is 0.465 e. The van der Waals surface area contributed by atoms with Gasteiger partial charge in [-0.05, 0) is 46.9 Å². The number of ether oxygens (including phenoxy) is 2. The molecule has 2 rings (SSSR count). The Morgan fingerprint density at radius 3 is 2.72 bits per heavy atom. The van der Waals surface area contributed by atoms with Crippen LogP contribution < -0.4 is 4.74 Å². The molecule has 0 aliphatic rings. The Balaban J connectivity index is 2.35. The Labute approximate surface area is 118 Å². The van der Waals surface area contributed by atoms with Crippen LogP contribution in [0, 0.1) is 3.57 Å². The maximum Gasteiger partial charge on any atom is 0.343 e.